The molecular weight excluding hydrogens is 204 g/mol. The second kappa shape index (κ2) is 6.05. The second-order valence-corrected chi connectivity index (χ2v) is 5.93. The molecule has 1 aromatic carbocycles. The fraction of sp³-hybridized carbons (Fsp3) is 0.529. The third-order valence-electron chi connectivity index (χ3n) is 3.51. The third kappa shape index (κ3) is 3.73. The first-order valence-electron chi connectivity index (χ1n) is 6.68. The van der Waals surface area contributed by atoms with Gasteiger partial charge in [0.05, 0.1) is 0 Å². The van der Waals surface area contributed by atoms with Crippen LogP contribution in [0.25, 0.3) is 0 Å². The van der Waals surface area contributed by atoms with E-state index in [2.05, 4.69) is 70.7 Å². The summed E-state index contributed by atoms with van der Waals surface area (Å²) in [4.78, 5) is 0. The van der Waals surface area contributed by atoms with Crippen molar-refractivity contribution in [2.24, 2.45) is 11.3 Å². The molecule has 0 aromatic heterocycles. The summed E-state index contributed by atoms with van der Waals surface area (Å²) in [5, 5.41) is 0. The van der Waals surface area contributed by atoms with Crippen LogP contribution in [0.3, 0.4) is 0 Å². The van der Waals surface area contributed by atoms with E-state index in [1.165, 1.54) is 18.4 Å². The maximum atomic E-state index is 4.06. The van der Waals surface area contributed by atoms with Gasteiger partial charge in [-0.2, -0.15) is 0 Å². The Bertz CT molecular complexity index is 329. The summed E-state index contributed by atoms with van der Waals surface area (Å²) in [5.41, 5.74) is 1.73. The van der Waals surface area contributed by atoms with E-state index in [0.29, 0.717) is 11.8 Å². The quantitative estimate of drug-likeness (QED) is 0.593. The van der Waals surface area contributed by atoms with Crippen LogP contribution in [0.4, 0.5) is 0 Å². The van der Waals surface area contributed by atoms with Gasteiger partial charge in [0.1, 0.15) is 0 Å². The lowest BCUT2D eigenvalue weighted by Gasteiger charge is -2.35. The average molecular weight is 230 g/mol. The zero-order valence-corrected chi connectivity index (χ0v) is 11.7. The van der Waals surface area contributed by atoms with E-state index in [-0.39, 0.29) is 5.41 Å². The molecule has 0 aliphatic carbocycles. The van der Waals surface area contributed by atoms with E-state index in [1.807, 2.05) is 0 Å². The predicted molar refractivity (Wildman–Crippen MR) is 77.2 cm³/mol. The van der Waals surface area contributed by atoms with Gasteiger partial charge >= 0.3 is 0 Å². The van der Waals surface area contributed by atoms with E-state index in [9.17, 15) is 0 Å². The molecule has 0 N–H and O–H groups in total. The molecule has 0 aliphatic rings. The molecule has 1 rings (SSSR count). The van der Waals surface area contributed by atoms with Crippen molar-refractivity contribution in [3.63, 3.8) is 0 Å². The van der Waals surface area contributed by atoms with E-state index in [0.717, 1.165) is 0 Å². The zero-order chi connectivity index (χ0) is 12.9. The van der Waals surface area contributed by atoms with Gasteiger partial charge in [-0.25, -0.2) is 0 Å². The van der Waals surface area contributed by atoms with Crippen LogP contribution in [0.5, 0.6) is 0 Å². The van der Waals surface area contributed by atoms with Crippen molar-refractivity contribution in [2.45, 2.75) is 46.5 Å². The Morgan fingerprint density at radius 2 is 1.76 bits per heavy atom. The van der Waals surface area contributed by atoms with E-state index in [1.54, 1.807) is 0 Å². The maximum Gasteiger partial charge on any atom is -0.00942 e. The molecule has 1 aromatic rings. The van der Waals surface area contributed by atoms with Crippen LogP contribution < -0.4 is 0 Å². The second-order valence-electron chi connectivity index (χ2n) is 5.93. The highest BCUT2D eigenvalue weighted by Gasteiger charge is 2.30. The summed E-state index contributed by atoms with van der Waals surface area (Å²) in [6.07, 6.45) is 4.60. The van der Waals surface area contributed by atoms with Crippen molar-refractivity contribution < 1.29 is 0 Å². The van der Waals surface area contributed by atoms with Gasteiger partial charge in [-0.3, -0.25) is 0 Å². The minimum atomic E-state index is 0.275. The molecule has 0 heterocycles. The van der Waals surface area contributed by atoms with Crippen molar-refractivity contribution in [1.82, 2.24) is 0 Å². The van der Waals surface area contributed by atoms with Gasteiger partial charge in [-0.15, -0.1) is 6.58 Å². The Morgan fingerprint density at radius 1 is 1.18 bits per heavy atom. The van der Waals surface area contributed by atoms with Crippen molar-refractivity contribution >= 4 is 0 Å². The summed E-state index contributed by atoms with van der Waals surface area (Å²) in [7, 11) is 0. The van der Waals surface area contributed by atoms with Gasteiger partial charge in [0.15, 0.2) is 0 Å². The highest BCUT2D eigenvalue weighted by molar-refractivity contribution is 5.22. The number of hydrogen-bond acceptors (Lipinski definition) is 0. The Balaban J connectivity index is 3.04. The van der Waals surface area contributed by atoms with Crippen molar-refractivity contribution in [3.8, 4) is 0 Å². The molecular formula is C17H26. The molecule has 0 fully saturated rings. The largest absolute Gasteiger partial charge is 0.103 e. The lowest BCUT2D eigenvalue weighted by molar-refractivity contribution is 0.243. The topological polar surface area (TPSA) is 0 Å². The normalized spacial score (nSPS) is 15.3. The summed E-state index contributed by atoms with van der Waals surface area (Å²) in [6.45, 7) is 13.3. The average Bonchev–Trinajstić information content (AvgIpc) is 2.28. The SMILES string of the molecule is C=C[C@@H]([C@H](CCC)c1ccccc1)C(C)(C)C. The fourth-order valence-electron chi connectivity index (χ4n) is 2.69. The van der Waals surface area contributed by atoms with E-state index >= 15 is 0 Å². The summed E-state index contributed by atoms with van der Waals surface area (Å²) < 4.78 is 0. The Labute approximate surface area is 107 Å². The number of benzene rings is 1. The first-order chi connectivity index (χ1) is 8.00. The maximum absolute atomic E-state index is 4.06. The van der Waals surface area contributed by atoms with Gasteiger partial charge in [0, 0.05) is 0 Å². The molecule has 0 heteroatoms. The Kier molecular flexibility index (Phi) is 4.99. The highest BCUT2D eigenvalue weighted by Crippen LogP contribution is 2.41. The Hall–Kier alpha value is -1.04. The van der Waals surface area contributed by atoms with Gasteiger partial charge in [0.2, 0.25) is 0 Å². The molecule has 0 radical (unpaired) electrons. The van der Waals surface area contributed by atoms with Gasteiger partial charge in [-0.05, 0) is 29.2 Å². The lowest BCUT2D eigenvalue weighted by atomic mass is 9.69. The van der Waals surface area contributed by atoms with Crippen LogP contribution in [0.1, 0.15) is 52.0 Å². The third-order valence-corrected chi connectivity index (χ3v) is 3.51. The smallest absolute Gasteiger partial charge is 0.00942 e. The summed E-state index contributed by atoms with van der Waals surface area (Å²) >= 11 is 0. The molecule has 0 spiro atoms. The standard InChI is InChI=1S/C17H26/c1-6-11-15(14-12-9-8-10-13-14)16(7-2)17(3,4)5/h7-10,12-13,15-16H,2,6,11H2,1,3-5H3/t15-,16+/m1/s1. The zero-order valence-electron chi connectivity index (χ0n) is 11.7. The number of hydrogen-bond donors (Lipinski definition) is 0. The summed E-state index contributed by atoms with van der Waals surface area (Å²) in [5.74, 6) is 1.13. The van der Waals surface area contributed by atoms with E-state index < -0.39 is 0 Å². The number of allylic oxidation sites excluding steroid dienone is 1. The van der Waals surface area contributed by atoms with Crippen LogP contribution in [0, 0.1) is 11.3 Å². The monoisotopic (exact) mass is 230 g/mol. The highest BCUT2D eigenvalue weighted by atomic mass is 14.3. The van der Waals surface area contributed by atoms with E-state index in [4.69, 9.17) is 0 Å². The first kappa shape index (κ1) is 14.0. The molecule has 0 amide bonds. The Morgan fingerprint density at radius 3 is 2.18 bits per heavy atom. The molecule has 0 saturated heterocycles. The fourth-order valence-corrected chi connectivity index (χ4v) is 2.69. The van der Waals surface area contributed by atoms with Gasteiger partial charge in [-0.1, -0.05) is 70.5 Å². The van der Waals surface area contributed by atoms with Crippen LogP contribution in [-0.4, -0.2) is 0 Å². The van der Waals surface area contributed by atoms with Gasteiger partial charge < -0.3 is 0 Å². The molecule has 0 bridgehead atoms. The van der Waals surface area contributed by atoms with Crippen LogP contribution in [-0.2, 0) is 0 Å². The van der Waals surface area contributed by atoms with Crippen molar-refractivity contribution in [1.29, 1.82) is 0 Å². The molecule has 2 atom stereocenters. The molecule has 0 saturated carbocycles. The van der Waals surface area contributed by atoms with Crippen LogP contribution in [0.15, 0.2) is 43.0 Å². The van der Waals surface area contributed by atoms with Crippen LogP contribution >= 0.6 is 0 Å². The molecule has 17 heavy (non-hydrogen) atoms. The summed E-state index contributed by atoms with van der Waals surface area (Å²) in [6, 6.07) is 10.9. The van der Waals surface area contributed by atoms with Crippen molar-refractivity contribution in [3.05, 3.63) is 48.6 Å². The first-order valence-corrected chi connectivity index (χ1v) is 6.68. The predicted octanol–water partition coefficient (Wildman–Crippen LogP) is 5.42. The molecule has 94 valence electrons. The van der Waals surface area contributed by atoms with Crippen molar-refractivity contribution in [2.75, 3.05) is 0 Å². The lowest BCUT2D eigenvalue weighted by Crippen LogP contribution is -2.25. The molecule has 0 unspecified atom stereocenters. The molecule has 0 aliphatic heterocycles. The van der Waals surface area contributed by atoms with Crippen LogP contribution in [0.2, 0.25) is 0 Å². The van der Waals surface area contributed by atoms with Gasteiger partial charge in [0.25, 0.3) is 0 Å². The minimum absolute atomic E-state index is 0.275. The number of rotatable bonds is 5. The minimum Gasteiger partial charge on any atom is -0.103 e. The molecule has 0 nitrogen and oxygen atoms in total.